The first-order chi connectivity index (χ1) is 9.58. The number of sulfonamides is 1. The minimum absolute atomic E-state index is 0.0859. The SMILES string of the molecule is CC(N=C1NS(=O)(=O)c2ccccc21)C1CCOCC1. The second-order valence-corrected chi connectivity index (χ2v) is 6.92. The molecule has 1 saturated heterocycles. The average Bonchev–Trinajstić information content (AvgIpc) is 2.72. The van der Waals surface area contributed by atoms with Crippen LogP contribution in [0.5, 0.6) is 0 Å². The van der Waals surface area contributed by atoms with Crippen molar-refractivity contribution < 1.29 is 13.2 Å². The first-order valence-electron chi connectivity index (χ1n) is 6.86. The molecule has 108 valence electrons. The second-order valence-electron chi connectivity index (χ2n) is 5.27. The molecular weight excluding hydrogens is 276 g/mol. The number of benzene rings is 1. The minimum Gasteiger partial charge on any atom is -0.381 e. The number of nitrogens with zero attached hydrogens (tertiary/aromatic N) is 1. The van der Waals surface area contributed by atoms with Crippen LogP contribution in [0, 0.1) is 5.92 Å². The molecule has 1 aromatic carbocycles. The molecule has 6 heteroatoms. The van der Waals surface area contributed by atoms with Gasteiger partial charge in [-0.25, -0.2) is 8.42 Å². The molecule has 0 radical (unpaired) electrons. The lowest BCUT2D eigenvalue weighted by Gasteiger charge is -2.25. The van der Waals surface area contributed by atoms with Gasteiger partial charge in [-0.3, -0.25) is 9.71 Å². The quantitative estimate of drug-likeness (QED) is 0.899. The molecule has 0 spiro atoms. The van der Waals surface area contributed by atoms with Crippen LogP contribution in [0.25, 0.3) is 0 Å². The van der Waals surface area contributed by atoms with E-state index >= 15 is 0 Å². The second kappa shape index (κ2) is 5.18. The van der Waals surface area contributed by atoms with E-state index in [0.717, 1.165) is 26.1 Å². The molecule has 2 aliphatic rings. The van der Waals surface area contributed by atoms with Gasteiger partial charge in [-0.1, -0.05) is 12.1 Å². The van der Waals surface area contributed by atoms with Gasteiger partial charge in [0.15, 0.2) is 0 Å². The molecule has 2 aliphatic heterocycles. The van der Waals surface area contributed by atoms with Gasteiger partial charge in [0.05, 0.1) is 10.9 Å². The topological polar surface area (TPSA) is 67.8 Å². The lowest BCUT2D eigenvalue weighted by atomic mass is 9.93. The highest BCUT2D eigenvalue weighted by molar-refractivity contribution is 7.90. The van der Waals surface area contributed by atoms with Crippen molar-refractivity contribution in [3.8, 4) is 0 Å². The van der Waals surface area contributed by atoms with Crippen molar-refractivity contribution in [3.05, 3.63) is 29.8 Å². The Bertz CT molecular complexity index is 634. The number of aliphatic imine (C=N–C) groups is 1. The molecule has 5 nitrogen and oxygen atoms in total. The van der Waals surface area contributed by atoms with Gasteiger partial charge < -0.3 is 4.74 Å². The number of ether oxygens (including phenoxy) is 1. The van der Waals surface area contributed by atoms with Gasteiger partial charge in [0.25, 0.3) is 10.0 Å². The Labute approximate surface area is 119 Å². The molecule has 2 heterocycles. The summed E-state index contributed by atoms with van der Waals surface area (Å²) >= 11 is 0. The maximum Gasteiger partial charge on any atom is 0.263 e. The molecule has 0 aliphatic carbocycles. The van der Waals surface area contributed by atoms with Crippen molar-refractivity contribution in [2.75, 3.05) is 13.2 Å². The van der Waals surface area contributed by atoms with Crippen LogP contribution in [0.2, 0.25) is 0 Å². The van der Waals surface area contributed by atoms with Gasteiger partial charge in [0, 0.05) is 18.8 Å². The van der Waals surface area contributed by atoms with E-state index in [0.29, 0.717) is 22.2 Å². The molecule has 1 N–H and O–H groups in total. The number of amidine groups is 1. The number of hydrogen-bond acceptors (Lipinski definition) is 4. The lowest BCUT2D eigenvalue weighted by molar-refractivity contribution is 0.0605. The predicted octanol–water partition coefficient (Wildman–Crippen LogP) is 1.54. The first kappa shape index (κ1) is 13.6. The Hall–Kier alpha value is -1.40. The summed E-state index contributed by atoms with van der Waals surface area (Å²) in [5.41, 5.74) is 0.673. The molecule has 1 atom stereocenters. The fraction of sp³-hybridized carbons (Fsp3) is 0.500. The van der Waals surface area contributed by atoms with E-state index in [1.807, 2.05) is 13.0 Å². The fourth-order valence-electron chi connectivity index (χ4n) is 2.74. The van der Waals surface area contributed by atoms with E-state index in [1.54, 1.807) is 18.2 Å². The van der Waals surface area contributed by atoms with Gasteiger partial charge in [-0.2, -0.15) is 0 Å². The highest BCUT2D eigenvalue weighted by Crippen LogP contribution is 2.25. The smallest absolute Gasteiger partial charge is 0.263 e. The monoisotopic (exact) mass is 294 g/mol. The van der Waals surface area contributed by atoms with Crippen molar-refractivity contribution in [1.82, 2.24) is 4.72 Å². The molecule has 1 fully saturated rings. The standard InChI is InChI=1S/C14H18N2O3S/c1-10(11-6-8-19-9-7-11)15-14-12-4-2-3-5-13(12)20(17,18)16-14/h2-5,10-11H,6-9H2,1H3,(H,15,16). The molecule has 0 aromatic heterocycles. The van der Waals surface area contributed by atoms with E-state index < -0.39 is 10.0 Å². The van der Waals surface area contributed by atoms with Gasteiger partial charge in [0.1, 0.15) is 5.84 Å². The van der Waals surface area contributed by atoms with E-state index in [2.05, 4.69) is 9.71 Å². The number of fused-ring (bicyclic) bond motifs is 1. The molecule has 0 amide bonds. The molecule has 3 rings (SSSR count). The number of hydrogen-bond donors (Lipinski definition) is 1. The molecule has 20 heavy (non-hydrogen) atoms. The summed E-state index contributed by atoms with van der Waals surface area (Å²) in [6.07, 6.45) is 1.96. The number of nitrogens with one attached hydrogen (secondary N) is 1. The summed E-state index contributed by atoms with van der Waals surface area (Å²) in [7, 11) is -3.44. The van der Waals surface area contributed by atoms with E-state index in [-0.39, 0.29) is 6.04 Å². The largest absolute Gasteiger partial charge is 0.381 e. The van der Waals surface area contributed by atoms with Crippen molar-refractivity contribution >= 4 is 15.9 Å². The molecule has 1 unspecified atom stereocenters. The van der Waals surface area contributed by atoms with Crippen molar-refractivity contribution in [1.29, 1.82) is 0 Å². The Balaban J connectivity index is 1.89. The van der Waals surface area contributed by atoms with E-state index in [9.17, 15) is 8.42 Å². The van der Waals surface area contributed by atoms with Gasteiger partial charge in [-0.05, 0) is 37.8 Å². The summed E-state index contributed by atoms with van der Waals surface area (Å²) in [5.74, 6) is 0.924. The zero-order chi connectivity index (χ0) is 14.2. The highest BCUT2D eigenvalue weighted by atomic mass is 32.2. The summed E-state index contributed by atoms with van der Waals surface area (Å²) in [6, 6.07) is 7.04. The Kier molecular flexibility index (Phi) is 3.52. The zero-order valence-electron chi connectivity index (χ0n) is 11.4. The maximum absolute atomic E-state index is 12.0. The number of rotatable bonds is 2. The van der Waals surface area contributed by atoms with E-state index in [4.69, 9.17) is 4.74 Å². The van der Waals surface area contributed by atoms with Gasteiger partial charge >= 0.3 is 0 Å². The normalized spacial score (nSPS) is 25.1. The van der Waals surface area contributed by atoms with Crippen molar-refractivity contribution in [2.24, 2.45) is 10.9 Å². The highest BCUT2D eigenvalue weighted by Gasteiger charge is 2.31. The third-order valence-electron chi connectivity index (χ3n) is 3.94. The Morgan fingerprint density at radius 3 is 2.75 bits per heavy atom. The third-order valence-corrected chi connectivity index (χ3v) is 5.34. The van der Waals surface area contributed by atoms with Crippen LogP contribution in [0.3, 0.4) is 0 Å². The Morgan fingerprint density at radius 1 is 1.30 bits per heavy atom. The van der Waals surface area contributed by atoms with Gasteiger partial charge in [-0.15, -0.1) is 0 Å². The van der Waals surface area contributed by atoms with Crippen LogP contribution >= 0.6 is 0 Å². The maximum atomic E-state index is 12.0. The molecule has 0 bridgehead atoms. The van der Waals surface area contributed by atoms with Crippen LogP contribution < -0.4 is 4.72 Å². The molecule has 0 saturated carbocycles. The van der Waals surface area contributed by atoms with E-state index in [1.165, 1.54) is 0 Å². The predicted molar refractivity (Wildman–Crippen MR) is 76.3 cm³/mol. The summed E-state index contributed by atoms with van der Waals surface area (Å²) in [4.78, 5) is 4.92. The lowest BCUT2D eigenvalue weighted by Crippen LogP contribution is -2.28. The van der Waals surface area contributed by atoms with Crippen LogP contribution in [0.15, 0.2) is 34.2 Å². The minimum atomic E-state index is -3.44. The van der Waals surface area contributed by atoms with Crippen molar-refractivity contribution in [2.45, 2.75) is 30.7 Å². The summed E-state index contributed by atoms with van der Waals surface area (Å²) in [6.45, 7) is 3.57. The van der Waals surface area contributed by atoms with Crippen LogP contribution in [0.4, 0.5) is 0 Å². The van der Waals surface area contributed by atoms with Gasteiger partial charge in [0.2, 0.25) is 0 Å². The molecule has 1 aromatic rings. The summed E-state index contributed by atoms with van der Waals surface area (Å²) in [5, 5.41) is 0. The van der Waals surface area contributed by atoms with Crippen LogP contribution in [0.1, 0.15) is 25.3 Å². The van der Waals surface area contributed by atoms with Crippen LogP contribution in [-0.4, -0.2) is 33.5 Å². The Morgan fingerprint density at radius 2 is 2.00 bits per heavy atom. The van der Waals surface area contributed by atoms with Crippen LogP contribution in [-0.2, 0) is 14.8 Å². The zero-order valence-corrected chi connectivity index (χ0v) is 12.2. The summed E-state index contributed by atoms with van der Waals surface area (Å²) < 4.78 is 31.9. The molecular formula is C14H18N2O3S. The fourth-order valence-corrected chi connectivity index (χ4v) is 3.98. The first-order valence-corrected chi connectivity index (χ1v) is 8.34. The average molecular weight is 294 g/mol. The van der Waals surface area contributed by atoms with Crippen molar-refractivity contribution in [3.63, 3.8) is 0 Å². The third kappa shape index (κ3) is 2.45.